The summed E-state index contributed by atoms with van der Waals surface area (Å²) < 4.78 is 20.6. The molecule has 184 valence electrons. The fourth-order valence-corrected chi connectivity index (χ4v) is 5.40. The highest BCUT2D eigenvalue weighted by atomic mass is 19.1. The van der Waals surface area contributed by atoms with Crippen molar-refractivity contribution in [3.8, 4) is 5.69 Å². The molecule has 7 heteroatoms. The molecule has 1 aromatic heterocycles. The molecule has 2 aliphatic heterocycles. The van der Waals surface area contributed by atoms with E-state index in [0.717, 1.165) is 47.6 Å². The van der Waals surface area contributed by atoms with Gasteiger partial charge in [0.05, 0.1) is 42.1 Å². The first-order valence-electron chi connectivity index (χ1n) is 12.4. The Morgan fingerprint density at radius 2 is 1.75 bits per heavy atom. The summed E-state index contributed by atoms with van der Waals surface area (Å²) in [5.74, 6) is 0.284. The van der Waals surface area contributed by atoms with Crippen LogP contribution in [0.5, 0.6) is 0 Å². The number of nitrogens with one attached hydrogen (secondary N) is 1. The molecule has 3 aromatic carbocycles. The lowest BCUT2D eigenvalue weighted by Crippen LogP contribution is -2.48. The minimum absolute atomic E-state index is 0.0642. The van der Waals surface area contributed by atoms with Crippen LogP contribution in [0.1, 0.15) is 25.5 Å². The Labute approximate surface area is 209 Å². The molecule has 3 heterocycles. The first kappa shape index (κ1) is 22.9. The second-order valence-electron chi connectivity index (χ2n) is 10.3. The van der Waals surface area contributed by atoms with Crippen LogP contribution in [0, 0.1) is 17.2 Å². The van der Waals surface area contributed by atoms with Crippen LogP contribution in [0.15, 0.2) is 79.0 Å². The maximum Gasteiger partial charge on any atom is 0.234 e. The number of hydrogen-bond acceptors (Lipinski definition) is 4. The van der Waals surface area contributed by atoms with E-state index in [0.29, 0.717) is 5.92 Å². The number of nitrogens with zero attached hydrogens (tertiary/aromatic N) is 3. The lowest BCUT2D eigenvalue weighted by atomic mass is 9.82. The zero-order chi connectivity index (χ0) is 24.9. The van der Waals surface area contributed by atoms with Gasteiger partial charge in [0.2, 0.25) is 5.91 Å². The fourth-order valence-electron chi connectivity index (χ4n) is 5.40. The van der Waals surface area contributed by atoms with Gasteiger partial charge in [-0.15, -0.1) is 0 Å². The smallest absolute Gasteiger partial charge is 0.234 e. The van der Waals surface area contributed by atoms with E-state index in [4.69, 9.17) is 4.74 Å². The molecular weight excluding hydrogens is 455 g/mol. The van der Waals surface area contributed by atoms with Gasteiger partial charge in [-0.1, -0.05) is 30.3 Å². The van der Waals surface area contributed by atoms with Gasteiger partial charge in [-0.2, -0.15) is 5.10 Å². The van der Waals surface area contributed by atoms with Crippen LogP contribution in [0.2, 0.25) is 0 Å². The third-order valence-electron chi connectivity index (χ3n) is 7.52. The molecule has 2 saturated heterocycles. The maximum atomic E-state index is 13.9. The van der Waals surface area contributed by atoms with Crippen LogP contribution in [-0.4, -0.2) is 41.5 Å². The monoisotopic (exact) mass is 484 g/mol. The van der Waals surface area contributed by atoms with Crippen LogP contribution in [0.25, 0.3) is 16.6 Å². The van der Waals surface area contributed by atoms with Crippen LogP contribution in [-0.2, 0) is 9.53 Å². The van der Waals surface area contributed by atoms with Crippen LogP contribution < -0.4 is 10.2 Å². The average Bonchev–Trinajstić information content (AvgIpc) is 3.36. The molecule has 2 aliphatic rings. The van der Waals surface area contributed by atoms with Crippen LogP contribution >= 0.6 is 0 Å². The number of aromatic nitrogens is 2. The lowest BCUT2D eigenvalue weighted by molar-refractivity contribution is -0.124. The number of carbonyl (C=O) groups is 1. The zero-order valence-corrected chi connectivity index (χ0v) is 20.4. The second-order valence-corrected chi connectivity index (χ2v) is 10.3. The Morgan fingerprint density at radius 1 is 1.03 bits per heavy atom. The summed E-state index contributed by atoms with van der Waals surface area (Å²) in [6.45, 7) is 6.42. The van der Waals surface area contributed by atoms with Crippen LogP contribution in [0.3, 0.4) is 0 Å². The quantitative estimate of drug-likeness (QED) is 0.424. The van der Waals surface area contributed by atoms with Crippen molar-refractivity contribution < 1.29 is 13.9 Å². The van der Waals surface area contributed by atoms with Gasteiger partial charge in [0, 0.05) is 29.6 Å². The molecule has 0 radical (unpaired) electrons. The number of fused-ring (bicyclic) bond motifs is 1. The molecule has 0 spiro atoms. The molecule has 1 unspecified atom stereocenters. The second kappa shape index (κ2) is 8.84. The first-order valence-corrected chi connectivity index (χ1v) is 12.4. The van der Waals surface area contributed by atoms with E-state index in [2.05, 4.69) is 22.5 Å². The number of amides is 1. The predicted molar refractivity (Wildman–Crippen MR) is 138 cm³/mol. The molecule has 6 rings (SSSR count). The van der Waals surface area contributed by atoms with Gasteiger partial charge < -0.3 is 15.0 Å². The van der Waals surface area contributed by atoms with Crippen molar-refractivity contribution in [1.82, 2.24) is 15.1 Å². The molecule has 2 fully saturated rings. The molecule has 0 saturated carbocycles. The topological polar surface area (TPSA) is 59.4 Å². The SMILES string of the molecule is CC1(C)C(=O)N(c2ccc3c(cnn3-c3ccc(F)cc3)c2)[C@H](c2ccccc2)C1NCC1COC1. The van der Waals surface area contributed by atoms with Crippen molar-refractivity contribution in [2.24, 2.45) is 11.3 Å². The molecule has 4 aromatic rings. The number of benzene rings is 3. The highest BCUT2D eigenvalue weighted by Crippen LogP contribution is 2.47. The normalized spacial score (nSPS) is 21.8. The maximum absolute atomic E-state index is 13.9. The molecule has 1 amide bonds. The third kappa shape index (κ3) is 3.79. The number of carbonyl (C=O) groups excluding carboxylic acids is 1. The molecule has 0 bridgehead atoms. The summed E-state index contributed by atoms with van der Waals surface area (Å²) in [7, 11) is 0. The summed E-state index contributed by atoms with van der Waals surface area (Å²) in [6.07, 6.45) is 1.79. The molecule has 2 atom stereocenters. The van der Waals surface area contributed by atoms with E-state index in [1.807, 2.05) is 55.1 Å². The van der Waals surface area contributed by atoms with Crippen molar-refractivity contribution in [2.75, 3.05) is 24.7 Å². The Bertz CT molecular complexity index is 1400. The lowest BCUT2D eigenvalue weighted by Gasteiger charge is -2.34. The number of ether oxygens (including phenoxy) is 1. The summed E-state index contributed by atoms with van der Waals surface area (Å²) in [5, 5.41) is 9.18. The number of rotatable bonds is 6. The van der Waals surface area contributed by atoms with E-state index in [1.165, 1.54) is 12.1 Å². The van der Waals surface area contributed by atoms with E-state index < -0.39 is 5.41 Å². The third-order valence-corrected chi connectivity index (χ3v) is 7.52. The Hall–Kier alpha value is -3.55. The Kier molecular flexibility index (Phi) is 5.62. The molecular formula is C29H29FN4O2. The highest BCUT2D eigenvalue weighted by molar-refractivity contribution is 6.03. The summed E-state index contributed by atoms with van der Waals surface area (Å²) >= 11 is 0. The number of anilines is 1. The largest absolute Gasteiger partial charge is 0.381 e. The summed E-state index contributed by atoms with van der Waals surface area (Å²) in [5.41, 5.74) is 3.01. The summed E-state index contributed by atoms with van der Waals surface area (Å²) in [6, 6.07) is 22.3. The molecule has 0 aliphatic carbocycles. The van der Waals surface area contributed by atoms with Gasteiger partial charge in [0.25, 0.3) is 0 Å². The van der Waals surface area contributed by atoms with Crippen molar-refractivity contribution in [3.05, 3.63) is 90.4 Å². The van der Waals surface area contributed by atoms with Crippen molar-refractivity contribution >= 4 is 22.5 Å². The Morgan fingerprint density at radius 3 is 2.44 bits per heavy atom. The summed E-state index contributed by atoms with van der Waals surface area (Å²) in [4.78, 5) is 15.9. The first-order chi connectivity index (χ1) is 17.4. The fraction of sp³-hybridized carbons (Fsp3) is 0.310. The van der Waals surface area contributed by atoms with Crippen molar-refractivity contribution in [2.45, 2.75) is 25.9 Å². The molecule has 36 heavy (non-hydrogen) atoms. The molecule has 6 nitrogen and oxygen atoms in total. The highest BCUT2D eigenvalue weighted by Gasteiger charge is 2.54. The van der Waals surface area contributed by atoms with Crippen LogP contribution in [0.4, 0.5) is 10.1 Å². The zero-order valence-electron chi connectivity index (χ0n) is 20.4. The van der Waals surface area contributed by atoms with Gasteiger partial charge in [0.15, 0.2) is 0 Å². The number of hydrogen-bond donors (Lipinski definition) is 1. The minimum atomic E-state index is -0.599. The number of halogens is 1. The molecule has 1 N–H and O–H groups in total. The van der Waals surface area contributed by atoms with Gasteiger partial charge in [-0.3, -0.25) is 4.79 Å². The van der Waals surface area contributed by atoms with Gasteiger partial charge in [-0.25, -0.2) is 9.07 Å². The van der Waals surface area contributed by atoms with Crippen molar-refractivity contribution in [3.63, 3.8) is 0 Å². The standard InChI is InChI=1S/C29H29FN4O2/c1-29(2)27(31-15-19-17-36-18-19)26(20-6-4-3-5-7-20)33(28(29)35)24-12-13-25-21(14-24)16-32-34(25)23-10-8-22(30)9-11-23/h3-14,16,19,26-27,31H,15,17-18H2,1-2H3/t26-,27?/m1/s1. The van der Waals surface area contributed by atoms with E-state index in [-0.39, 0.29) is 23.8 Å². The van der Waals surface area contributed by atoms with Gasteiger partial charge >= 0.3 is 0 Å². The van der Waals surface area contributed by atoms with E-state index in [1.54, 1.807) is 23.0 Å². The van der Waals surface area contributed by atoms with E-state index in [9.17, 15) is 9.18 Å². The van der Waals surface area contributed by atoms with Gasteiger partial charge in [0.1, 0.15) is 5.82 Å². The van der Waals surface area contributed by atoms with Crippen molar-refractivity contribution in [1.29, 1.82) is 0 Å². The minimum Gasteiger partial charge on any atom is -0.381 e. The van der Waals surface area contributed by atoms with E-state index >= 15 is 0 Å². The predicted octanol–water partition coefficient (Wildman–Crippen LogP) is 4.88. The van der Waals surface area contributed by atoms with Gasteiger partial charge in [-0.05, 0) is 61.9 Å². The Balaban J connectivity index is 1.40. The average molecular weight is 485 g/mol.